The van der Waals surface area contributed by atoms with Crippen LogP contribution in [0, 0.1) is 24.7 Å². The van der Waals surface area contributed by atoms with Gasteiger partial charge in [-0.25, -0.2) is 0 Å². The van der Waals surface area contributed by atoms with Gasteiger partial charge in [0, 0.05) is 40.7 Å². The van der Waals surface area contributed by atoms with Gasteiger partial charge in [-0.1, -0.05) is 59.9 Å². The van der Waals surface area contributed by atoms with Crippen LogP contribution >= 0.6 is 0 Å². The second-order valence-corrected chi connectivity index (χ2v) is 10.4. The van der Waals surface area contributed by atoms with Crippen molar-refractivity contribution >= 4 is 16.8 Å². The highest BCUT2D eigenvalue weighted by atomic mass is 16.7. The van der Waals surface area contributed by atoms with E-state index in [4.69, 9.17) is 4.84 Å². The number of carbonyl (C=O) groups is 1. The lowest BCUT2D eigenvalue weighted by Crippen LogP contribution is -2.48. The second kappa shape index (κ2) is 12.5. The number of H-pyrrole nitrogens is 1. The van der Waals surface area contributed by atoms with Gasteiger partial charge in [-0.2, -0.15) is 5.06 Å². The Balaban J connectivity index is 1.26. The molecule has 2 heterocycles. The molecule has 1 aromatic heterocycles. The average molecular weight is 538 g/mol. The molecular weight excluding hydrogens is 502 g/mol. The molecule has 3 aromatic carbocycles. The van der Waals surface area contributed by atoms with Crippen LogP contribution in [0.15, 0.2) is 79.0 Å². The van der Waals surface area contributed by atoms with Crippen LogP contribution in [0.1, 0.15) is 34.7 Å². The molecule has 1 saturated heterocycles. The Morgan fingerprint density at radius 1 is 1.05 bits per heavy atom. The fraction of sp³-hybridized carbons (Fsp3) is 0.303. The van der Waals surface area contributed by atoms with Gasteiger partial charge in [-0.05, 0) is 61.7 Å². The van der Waals surface area contributed by atoms with Crippen LogP contribution in [0.4, 0.5) is 0 Å². The van der Waals surface area contributed by atoms with Crippen molar-refractivity contribution in [2.24, 2.45) is 5.92 Å². The van der Waals surface area contributed by atoms with Crippen LogP contribution in [0.5, 0.6) is 0 Å². The highest BCUT2D eigenvalue weighted by Crippen LogP contribution is 2.31. The number of aliphatic hydroxyl groups excluding tert-OH is 2. The predicted octanol–water partition coefficient (Wildman–Crippen LogP) is 3.71. The van der Waals surface area contributed by atoms with E-state index in [1.165, 1.54) is 5.56 Å². The zero-order chi connectivity index (χ0) is 28.1. The second-order valence-electron chi connectivity index (χ2n) is 10.4. The number of hydroxylamine groups is 2. The maximum atomic E-state index is 13.4. The Morgan fingerprint density at radius 2 is 1.73 bits per heavy atom. The van der Waals surface area contributed by atoms with Crippen LogP contribution < -0.4 is 5.32 Å². The number of nitrogens with zero attached hydrogens (tertiary/aromatic N) is 1. The van der Waals surface area contributed by atoms with E-state index in [9.17, 15) is 15.0 Å². The molecule has 1 unspecified atom stereocenters. The van der Waals surface area contributed by atoms with E-state index < -0.39 is 24.2 Å². The number of para-hydroxylation sites is 1. The lowest BCUT2D eigenvalue weighted by molar-refractivity contribution is -0.192. The van der Waals surface area contributed by atoms with Gasteiger partial charge in [0.1, 0.15) is 12.1 Å². The minimum Gasteiger partial charge on any atom is -0.396 e. The van der Waals surface area contributed by atoms with E-state index in [0.29, 0.717) is 19.5 Å². The number of aromatic amines is 1. The molecule has 206 valence electrons. The fourth-order valence-electron chi connectivity index (χ4n) is 5.22. The number of aliphatic hydroxyl groups is 2. The van der Waals surface area contributed by atoms with Crippen molar-refractivity contribution in [3.05, 3.63) is 107 Å². The largest absolute Gasteiger partial charge is 0.396 e. The molecule has 0 saturated carbocycles. The molecule has 1 aliphatic heterocycles. The minimum absolute atomic E-state index is 0.234. The SMILES string of the molecule is Cc1ccc(C#Cc2ccc(CN3O[C@@H]([C@H](C)O)[C@@H](CO)C3C(=O)NCCc3c[nH]c4ccccc34)cc2)cc1. The van der Waals surface area contributed by atoms with E-state index in [1.54, 1.807) is 12.0 Å². The van der Waals surface area contributed by atoms with Crippen molar-refractivity contribution in [2.75, 3.05) is 13.2 Å². The van der Waals surface area contributed by atoms with Gasteiger partial charge < -0.3 is 20.5 Å². The highest BCUT2D eigenvalue weighted by molar-refractivity contribution is 5.84. The number of aromatic nitrogens is 1. The average Bonchev–Trinajstić information content (AvgIpc) is 3.55. The number of amides is 1. The highest BCUT2D eigenvalue weighted by Gasteiger charge is 2.48. The van der Waals surface area contributed by atoms with Crippen molar-refractivity contribution < 1.29 is 19.8 Å². The Hall–Kier alpha value is -3.93. The first-order chi connectivity index (χ1) is 19.4. The number of rotatable bonds is 8. The van der Waals surface area contributed by atoms with E-state index in [-0.39, 0.29) is 12.5 Å². The van der Waals surface area contributed by atoms with Crippen molar-refractivity contribution in [2.45, 2.75) is 45.1 Å². The Morgan fingerprint density at radius 3 is 2.40 bits per heavy atom. The summed E-state index contributed by atoms with van der Waals surface area (Å²) in [6.07, 6.45) is 1.10. The van der Waals surface area contributed by atoms with Gasteiger partial charge in [0.25, 0.3) is 0 Å². The Labute approximate surface area is 234 Å². The van der Waals surface area contributed by atoms with Crippen molar-refractivity contribution in [3.8, 4) is 11.8 Å². The number of hydrogen-bond donors (Lipinski definition) is 4. The van der Waals surface area contributed by atoms with E-state index in [1.807, 2.05) is 79.9 Å². The molecule has 0 aliphatic carbocycles. The van der Waals surface area contributed by atoms with Crippen LogP contribution in [0.25, 0.3) is 10.9 Å². The lowest BCUT2D eigenvalue weighted by Gasteiger charge is -2.24. The summed E-state index contributed by atoms with van der Waals surface area (Å²) in [6, 6.07) is 23.2. The zero-order valence-electron chi connectivity index (χ0n) is 22.8. The number of hydrogen-bond acceptors (Lipinski definition) is 5. The van der Waals surface area contributed by atoms with E-state index in [2.05, 4.69) is 28.2 Å². The molecule has 1 amide bonds. The van der Waals surface area contributed by atoms with Crippen LogP contribution in [0.2, 0.25) is 0 Å². The maximum Gasteiger partial charge on any atom is 0.240 e. The van der Waals surface area contributed by atoms with Gasteiger partial charge in [0.2, 0.25) is 5.91 Å². The van der Waals surface area contributed by atoms with Crippen LogP contribution in [-0.4, -0.2) is 57.6 Å². The molecule has 0 bridgehead atoms. The van der Waals surface area contributed by atoms with Gasteiger partial charge >= 0.3 is 0 Å². The molecule has 1 aliphatic rings. The maximum absolute atomic E-state index is 13.4. The molecule has 5 rings (SSSR count). The number of carbonyl (C=O) groups excluding carboxylic acids is 1. The number of fused-ring (bicyclic) bond motifs is 1. The van der Waals surface area contributed by atoms with Gasteiger partial charge in [-0.15, -0.1) is 0 Å². The standard InChI is InChI=1S/C33H35N3O4/c1-22-7-9-24(10-8-22)11-12-25-13-15-26(16-14-25)20-36-31(29(21-37)32(40-36)23(2)38)33(39)34-18-17-27-19-35-30-6-4-3-5-28(27)30/h3-10,13-16,19,23,29,31-32,35,37-38H,17-18,20-21H2,1-2H3,(H,34,39)/t23-,29-,31?,32-/m0/s1. The summed E-state index contributed by atoms with van der Waals surface area (Å²) in [4.78, 5) is 22.7. The summed E-state index contributed by atoms with van der Waals surface area (Å²) in [5.41, 5.74) is 6.15. The fourth-order valence-corrected chi connectivity index (χ4v) is 5.22. The van der Waals surface area contributed by atoms with Crippen molar-refractivity contribution in [3.63, 3.8) is 0 Å². The first-order valence-corrected chi connectivity index (χ1v) is 13.7. The van der Waals surface area contributed by atoms with Crippen molar-refractivity contribution in [1.29, 1.82) is 0 Å². The molecule has 7 heteroatoms. The third kappa shape index (κ3) is 6.27. The number of aryl methyl sites for hydroxylation is 1. The quantitative estimate of drug-likeness (QED) is 0.257. The summed E-state index contributed by atoms with van der Waals surface area (Å²) in [6.45, 7) is 4.15. The predicted molar refractivity (Wildman–Crippen MR) is 155 cm³/mol. The van der Waals surface area contributed by atoms with Gasteiger partial charge in [0.15, 0.2) is 0 Å². The number of nitrogens with one attached hydrogen (secondary N) is 2. The Kier molecular flexibility index (Phi) is 8.63. The van der Waals surface area contributed by atoms with E-state index in [0.717, 1.165) is 33.2 Å². The molecule has 1 fully saturated rings. The first kappa shape index (κ1) is 27.6. The lowest BCUT2D eigenvalue weighted by atomic mass is 9.92. The molecule has 7 nitrogen and oxygen atoms in total. The zero-order valence-corrected chi connectivity index (χ0v) is 22.8. The normalized spacial score (nSPS) is 19.8. The molecule has 4 N–H and O–H groups in total. The third-order valence-electron chi connectivity index (χ3n) is 7.41. The summed E-state index contributed by atoms with van der Waals surface area (Å²) in [5.74, 6) is 5.57. The Bertz CT molecular complexity index is 1500. The monoisotopic (exact) mass is 537 g/mol. The molecule has 40 heavy (non-hydrogen) atoms. The summed E-state index contributed by atoms with van der Waals surface area (Å²) >= 11 is 0. The van der Waals surface area contributed by atoms with Gasteiger partial charge in [0.05, 0.1) is 19.3 Å². The molecule has 4 atom stereocenters. The van der Waals surface area contributed by atoms with Gasteiger partial charge in [-0.3, -0.25) is 9.63 Å². The molecule has 0 radical (unpaired) electrons. The molecule has 0 spiro atoms. The van der Waals surface area contributed by atoms with E-state index >= 15 is 0 Å². The van der Waals surface area contributed by atoms with Crippen LogP contribution in [0.3, 0.4) is 0 Å². The third-order valence-corrected chi connectivity index (χ3v) is 7.41. The topological polar surface area (TPSA) is 97.8 Å². The molecule has 4 aromatic rings. The smallest absolute Gasteiger partial charge is 0.240 e. The number of benzene rings is 3. The summed E-state index contributed by atoms with van der Waals surface area (Å²) < 4.78 is 0. The van der Waals surface area contributed by atoms with Crippen molar-refractivity contribution in [1.82, 2.24) is 15.4 Å². The summed E-state index contributed by atoms with van der Waals surface area (Å²) in [5, 5.41) is 26.3. The summed E-state index contributed by atoms with van der Waals surface area (Å²) in [7, 11) is 0. The molecular formula is C33H35N3O4. The minimum atomic E-state index is -0.844. The van der Waals surface area contributed by atoms with Crippen LogP contribution in [-0.2, 0) is 22.6 Å². The first-order valence-electron chi connectivity index (χ1n) is 13.7.